The highest BCUT2D eigenvalue weighted by Crippen LogP contribution is 2.16. The van der Waals surface area contributed by atoms with Crippen LogP contribution in [-0.4, -0.2) is 37.2 Å². The Morgan fingerprint density at radius 1 is 0.362 bits per heavy atom. The first-order chi connectivity index (χ1) is 28.5. The van der Waals surface area contributed by atoms with Crippen molar-refractivity contribution in [2.24, 2.45) is 0 Å². The van der Waals surface area contributed by atoms with Crippen LogP contribution in [0.25, 0.3) is 0 Å². The molecule has 0 saturated carbocycles. The SMILES string of the molecule is CC/C=C\C/C=C\C/C=C\CCCCCC(=O)OC(COC(=O)CCCCCCCCC)COC(=O)CCCCCCCCCCCCCCCCCCCCCC. The Hall–Kier alpha value is -2.37. The molecular weight excluding hydrogens is 721 g/mol. The zero-order valence-electron chi connectivity index (χ0n) is 38.6. The van der Waals surface area contributed by atoms with Crippen molar-refractivity contribution in [3.63, 3.8) is 0 Å². The van der Waals surface area contributed by atoms with E-state index in [-0.39, 0.29) is 31.1 Å². The molecule has 6 nitrogen and oxygen atoms in total. The molecule has 0 heterocycles. The van der Waals surface area contributed by atoms with Gasteiger partial charge in [-0.3, -0.25) is 14.4 Å². The zero-order valence-corrected chi connectivity index (χ0v) is 38.6. The molecule has 0 spiro atoms. The Balaban J connectivity index is 4.21. The predicted octanol–water partition coefficient (Wildman–Crippen LogP) is 16.1. The minimum absolute atomic E-state index is 0.0807. The van der Waals surface area contributed by atoms with Crippen LogP contribution in [-0.2, 0) is 28.6 Å². The summed E-state index contributed by atoms with van der Waals surface area (Å²) in [6.45, 7) is 6.47. The van der Waals surface area contributed by atoms with Crippen LogP contribution < -0.4 is 0 Å². The van der Waals surface area contributed by atoms with Gasteiger partial charge in [0.15, 0.2) is 6.10 Å². The van der Waals surface area contributed by atoms with Gasteiger partial charge in [-0.2, -0.15) is 0 Å². The number of carbonyl (C=O) groups excluding carboxylic acids is 3. The van der Waals surface area contributed by atoms with Crippen LogP contribution in [0.15, 0.2) is 36.5 Å². The maximum atomic E-state index is 12.7. The van der Waals surface area contributed by atoms with Crippen molar-refractivity contribution in [2.45, 2.75) is 264 Å². The summed E-state index contributed by atoms with van der Waals surface area (Å²) in [7, 11) is 0. The average molecular weight is 815 g/mol. The number of hydrogen-bond acceptors (Lipinski definition) is 6. The van der Waals surface area contributed by atoms with Gasteiger partial charge in [-0.1, -0.05) is 224 Å². The van der Waals surface area contributed by atoms with Crippen molar-refractivity contribution in [3.8, 4) is 0 Å². The number of hydrogen-bond donors (Lipinski definition) is 0. The number of esters is 3. The fourth-order valence-electron chi connectivity index (χ4n) is 7.16. The average Bonchev–Trinajstić information content (AvgIpc) is 3.22. The largest absolute Gasteiger partial charge is 0.462 e. The minimum Gasteiger partial charge on any atom is -0.462 e. The molecule has 0 aliphatic carbocycles. The van der Waals surface area contributed by atoms with Gasteiger partial charge in [0.2, 0.25) is 0 Å². The lowest BCUT2D eigenvalue weighted by atomic mass is 10.0. The van der Waals surface area contributed by atoms with Gasteiger partial charge in [0, 0.05) is 19.3 Å². The number of rotatable bonds is 45. The van der Waals surface area contributed by atoms with E-state index in [0.717, 1.165) is 83.5 Å². The summed E-state index contributed by atoms with van der Waals surface area (Å²) in [6.07, 6.45) is 54.4. The van der Waals surface area contributed by atoms with Gasteiger partial charge >= 0.3 is 17.9 Å². The molecule has 0 amide bonds. The first kappa shape index (κ1) is 55.6. The molecule has 1 unspecified atom stereocenters. The highest BCUT2D eigenvalue weighted by atomic mass is 16.6. The van der Waals surface area contributed by atoms with E-state index in [1.807, 2.05) is 0 Å². The molecule has 0 fully saturated rings. The normalized spacial score (nSPS) is 12.3. The van der Waals surface area contributed by atoms with Crippen LogP contribution >= 0.6 is 0 Å². The summed E-state index contributed by atoms with van der Waals surface area (Å²) >= 11 is 0. The van der Waals surface area contributed by atoms with E-state index in [1.165, 1.54) is 135 Å². The van der Waals surface area contributed by atoms with Crippen LogP contribution in [0.1, 0.15) is 258 Å². The maximum absolute atomic E-state index is 12.7. The quantitative estimate of drug-likeness (QED) is 0.0264. The van der Waals surface area contributed by atoms with Gasteiger partial charge in [0.1, 0.15) is 13.2 Å². The van der Waals surface area contributed by atoms with Gasteiger partial charge in [0.05, 0.1) is 0 Å². The summed E-state index contributed by atoms with van der Waals surface area (Å²) in [4.78, 5) is 37.7. The third kappa shape index (κ3) is 44.7. The van der Waals surface area contributed by atoms with E-state index in [1.54, 1.807) is 0 Å². The summed E-state index contributed by atoms with van der Waals surface area (Å²) in [5.41, 5.74) is 0. The van der Waals surface area contributed by atoms with E-state index in [2.05, 4.69) is 57.2 Å². The second-order valence-electron chi connectivity index (χ2n) is 16.7. The molecule has 0 saturated heterocycles. The van der Waals surface area contributed by atoms with Gasteiger partial charge in [-0.15, -0.1) is 0 Å². The fourth-order valence-corrected chi connectivity index (χ4v) is 7.16. The summed E-state index contributed by atoms with van der Waals surface area (Å²) in [5.74, 6) is -0.909. The molecule has 338 valence electrons. The lowest BCUT2D eigenvalue weighted by molar-refractivity contribution is -0.167. The Labute approximate surface area is 359 Å². The lowest BCUT2D eigenvalue weighted by Gasteiger charge is -2.18. The third-order valence-electron chi connectivity index (χ3n) is 10.9. The molecule has 0 rings (SSSR count). The molecular formula is C52H94O6. The topological polar surface area (TPSA) is 78.9 Å². The Kier molecular flexibility index (Phi) is 45.4. The highest BCUT2D eigenvalue weighted by molar-refractivity contribution is 5.71. The van der Waals surface area contributed by atoms with Crippen LogP contribution in [0, 0.1) is 0 Å². The van der Waals surface area contributed by atoms with E-state index in [0.29, 0.717) is 19.3 Å². The molecule has 1 atom stereocenters. The first-order valence-corrected chi connectivity index (χ1v) is 25.0. The summed E-state index contributed by atoms with van der Waals surface area (Å²) < 4.78 is 16.7. The second-order valence-corrected chi connectivity index (χ2v) is 16.7. The van der Waals surface area contributed by atoms with Crippen molar-refractivity contribution < 1.29 is 28.6 Å². The van der Waals surface area contributed by atoms with Crippen molar-refractivity contribution in [2.75, 3.05) is 13.2 Å². The second kappa shape index (κ2) is 47.3. The van der Waals surface area contributed by atoms with Crippen molar-refractivity contribution >= 4 is 17.9 Å². The Morgan fingerprint density at radius 2 is 0.672 bits per heavy atom. The molecule has 0 radical (unpaired) electrons. The summed E-state index contributed by atoms with van der Waals surface area (Å²) in [5, 5.41) is 0. The van der Waals surface area contributed by atoms with Crippen LogP contribution in [0.2, 0.25) is 0 Å². The lowest BCUT2D eigenvalue weighted by Crippen LogP contribution is -2.30. The molecule has 58 heavy (non-hydrogen) atoms. The number of carbonyl (C=O) groups is 3. The van der Waals surface area contributed by atoms with Crippen molar-refractivity contribution in [1.82, 2.24) is 0 Å². The van der Waals surface area contributed by atoms with Gasteiger partial charge < -0.3 is 14.2 Å². The van der Waals surface area contributed by atoms with Crippen LogP contribution in [0.4, 0.5) is 0 Å². The van der Waals surface area contributed by atoms with Gasteiger partial charge in [0.25, 0.3) is 0 Å². The molecule has 0 aromatic carbocycles. The standard InChI is InChI=1S/C52H94O6/c1-4-7-10-13-16-18-20-22-23-24-25-26-27-28-30-31-33-36-39-42-45-51(54)57-48-49(47-56-50(53)44-41-38-35-15-12-9-6-3)58-52(55)46-43-40-37-34-32-29-21-19-17-14-11-8-5-2/h8,11,17,19,29,32,49H,4-7,9-10,12-16,18,20-28,30-31,33-48H2,1-3H3/b11-8-,19-17-,32-29-. The van der Waals surface area contributed by atoms with Gasteiger partial charge in [-0.05, 0) is 51.4 Å². The van der Waals surface area contributed by atoms with Crippen LogP contribution in [0.5, 0.6) is 0 Å². The smallest absolute Gasteiger partial charge is 0.306 e. The third-order valence-corrected chi connectivity index (χ3v) is 10.9. The van der Waals surface area contributed by atoms with Crippen LogP contribution in [0.3, 0.4) is 0 Å². The Bertz CT molecular complexity index is 984. The monoisotopic (exact) mass is 815 g/mol. The van der Waals surface area contributed by atoms with Crippen molar-refractivity contribution in [3.05, 3.63) is 36.5 Å². The van der Waals surface area contributed by atoms with E-state index < -0.39 is 6.10 Å². The molecule has 0 aromatic heterocycles. The zero-order chi connectivity index (χ0) is 42.3. The molecule has 0 aliphatic heterocycles. The van der Waals surface area contributed by atoms with E-state index in [9.17, 15) is 14.4 Å². The number of ether oxygens (including phenoxy) is 3. The molecule has 0 bridgehead atoms. The number of unbranched alkanes of at least 4 members (excludes halogenated alkanes) is 28. The van der Waals surface area contributed by atoms with Crippen molar-refractivity contribution in [1.29, 1.82) is 0 Å². The molecule has 0 aromatic rings. The highest BCUT2D eigenvalue weighted by Gasteiger charge is 2.19. The number of allylic oxidation sites excluding steroid dienone is 6. The maximum Gasteiger partial charge on any atom is 0.306 e. The summed E-state index contributed by atoms with van der Waals surface area (Å²) in [6, 6.07) is 0. The Morgan fingerprint density at radius 3 is 1.05 bits per heavy atom. The minimum atomic E-state index is -0.780. The fraction of sp³-hybridized carbons (Fsp3) is 0.827. The molecule has 0 N–H and O–H groups in total. The van der Waals surface area contributed by atoms with Gasteiger partial charge in [-0.25, -0.2) is 0 Å². The van der Waals surface area contributed by atoms with E-state index >= 15 is 0 Å². The first-order valence-electron chi connectivity index (χ1n) is 25.0. The molecule has 0 aliphatic rings. The molecule has 6 heteroatoms. The predicted molar refractivity (Wildman–Crippen MR) is 247 cm³/mol. The van der Waals surface area contributed by atoms with E-state index in [4.69, 9.17) is 14.2 Å².